The molecule has 1 fully saturated rings. The highest BCUT2D eigenvalue weighted by Crippen LogP contribution is 2.20. The number of hydrogen-bond acceptors (Lipinski definition) is 3. The van der Waals surface area contributed by atoms with E-state index in [4.69, 9.17) is 4.74 Å². The lowest BCUT2D eigenvalue weighted by Gasteiger charge is -2.17. The Kier molecular flexibility index (Phi) is 7.37. The molecule has 134 valence electrons. The summed E-state index contributed by atoms with van der Waals surface area (Å²) in [4.78, 5) is 6.84. The van der Waals surface area contributed by atoms with Crippen molar-refractivity contribution in [3.05, 3.63) is 29.3 Å². The summed E-state index contributed by atoms with van der Waals surface area (Å²) >= 11 is 0. The van der Waals surface area contributed by atoms with Crippen LogP contribution in [0.5, 0.6) is 5.75 Å². The van der Waals surface area contributed by atoms with E-state index < -0.39 is 0 Å². The molecule has 0 bridgehead atoms. The van der Waals surface area contributed by atoms with Crippen molar-refractivity contribution >= 4 is 5.96 Å². The molecule has 0 amide bonds. The van der Waals surface area contributed by atoms with Crippen LogP contribution in [0.25, 0.3) is 0 Å². The second kappa shape index (κ2) is 9.52. The monoisotopic (exact) mass is 332 g/mol. The molecule has 1 aromatic carbocycles. The van der Waals surface area contributed by atoms with E-state index >= 15 is 0 Å². The lowest BCUT2D eigenvalue weighted by Crippen LogP contribution is -2.40. The summed E-state index contributed by atoms with van der Waals surface area (Å²) in [6.07, 6.45) is 1.27. The molecule has 1 atom stereocenters. The number of likely N-dealkylation sites (tertiary alicyclic amines) is 1. The summed E-state index contributed by atoms with van der Waals surface area (Å²) in [5.74, 6) is 2.52. The number of hydrogen-bond donors (Lipinski definition) is 2. The number of nitrogens with one attached hydrogen (secondary N) is 2. The fraction of sp³-hybridized carbons (Fsp3) is 0.632. The third kappa shape index (κ3) is 5.41. The van der Waals surface area contributed by atoms with Gasteiger partial charge in [0.2, 0.25) is 0 Å². The minimum absolute atomic E-state index is 0.680. The molecule has 1 aliphatic rings. The maximum atomic E-state index is 5.74. The molecule has 1 aromatic rings. The average molecular weight is 332 g/mol. The molecule has 0 spiro atoms. The van der Waals surface area contributed by atoms with Crippen molar-refractivity contribution in [3.8, 4) is 5.75 Å². The summed E-state index contributed by atoms with van der Waals surface area (Å²) in [6.45, 7) is 12.2. The van der Waals surface area contributed by atoms with E-state index in [1.807, 2.05) is 14.0 Å². The molecule has 0 radical (unpaired) electrons. The lowest BCUT2D eigenvalue weighted by molar-refractivity contribution is 0.336. The van der Waals surface area contributed by atoms with Crippen LogP contribution in [0.1, 0.15) is 31.4 Å². The molecule has 5 heteroatoms. The van der Waals surface area contributed by atoms with Gasteiger partial charge in [0.15, 0.2) is 5.96 Å². The zero-order valence-corrected chi connectivity index (χ0v) is 15.6. The summed E-state index contributed by atoms with van der Waals surface area (Å²) in [5, 5.41) is 6.86. The largest absolute Gasteiger partial charge is 0.494 e. The Morgan fingerprint density at radius 2 is 2.17 bits per heavy atom. The van der Waals surface area contributed by atoms with Crippen LogP contribution in [-0.4, -0.2) is 50.7 Å². The van der Waals surface area contributed by atoms with Crippen molar-refractivity contribution in [2.45, 2.75) is 33.7 Å². The van der Waals surface area contributed by atoms with Crippen LogP contribution in [0.2, 0.25) is 0 Å². The van der Waals surface area contributed by atoms with E-state index in [-0.39, 0.29) is 0 Å². The minimum atomic E-state index is 0.680. The quantitative estimate of drug-likeness (QED) is 0.595. The number of rotatable bonds is 7. The van der Waals surface area contributed by atoms with Crippen LogP contribution < -0.4 is 15.4 Å². The molecule has 0 aliphatic carbocycles. The Labute approximate surface area is 146 Å². The highest BCUT2D eigenvalue weighted by Gasteiger charge is 2.21. The number of benzene rings is 1. The lowest BCUT2D eigenvalue weighted by atomic mass is 10.1. The van der Waals surface area contributed by atoms with Crippen LogP contribution in [-0.2, 0) is 6.54 Å². The maximum absolute atomic E-state index is 5.74. The molecule has 1 unspecified atom stereocenters. The SMILES string of the molecule is CCOc1cc(C)ccc1CNC(=NC)NCC1CCN(CC)C1. The number of nitrogens with zero attached hydrogens (tertiary/aromatic N) is 2. The van der Waals surface area contributed by atoms with E-state index in [1.54, 1.807) is 0 Å². The number of guanidine groups is 1. The van der Waals surface area contributed by atoms with Crippen molar-refractivity contribution in [3.63, 3.8) is 0 Å². The first-order valence-corrected chi connectivity index (χ1v) is 9.05. The van der Waals surface area contributed by atoms with E-state index in [0.29, 0.717) is 19.1 Å². The molecule has 1 saturated heterocycles. The van der Waals surface area contributed by atoms with Gasteiger partial charge < -0.3 is 20.3 Å². The van der Waals surface area contributed by atoms with Crippen LogP contribution in [0.15, 0.2) is 23.2 Å². The van der Waals surface area contributed by atoms with Gasteiger partial charge in [0.25, 0.3) is 0 Å². The first kappa shape index (κ1) is 18.6. The summed E-state index contributed by atoms with van der Waals surface area (Å²) in [5.41, 5.74) is 2.37. The smallest absolute Gasteiger partial charge is 0.191 e. The number of aliphatic imine (C=N–C) groups is 1. The van der Waals surface area contributed by atoms with E-state index in [0.717, 1.165) is 30.4 Å². The Balaban J connectivity index is 1.83. The maximum Gasteiger partial charge on any atom is 0.191 e. The number of aryl methyl sites for hydroxylation is 1. The Morgan fingerprint density at radius 1 is 1.33 bits per heavy atom. The van der Waals surface area contributed by atoms with Crippen molar-refractivity contribution < 1.29 is 4.74 Å². The van der Waals surface area contributed by atoms with Crippen molar-refractivity contribution in [1.29, 1.82) is 0 Å². The van der Waals surface area contributed by atoms with Gasteiger partial charge >= 0.3 is 0 Å². The Bertz CT molecular complexity index is 544. The molecule has 2 N–H and O–H groups in total. The standard InChI is InChI=1S/C19H32N4O/c1-5-23-10-9-16(14-23)12-21-19(20-4)22-13-17-8-7-15(3)11-18(17)24-6-2/h7-8,11,16H,5-6,9-10,12-14H2,1-4H3,(H2,20,21,22). The molecular weight excluding hydrogens is 300 g/mol. The van der Waals surface area contributed by atoms with Gasteiger partial charge in [0, 0.05) is 32.2 Å². The molecule has 0 aromatic heterocycles. The molecular formula is C19H32N4O. The van der Waals surface area contributed by atoms with Gasteiger partial charge in [-0.2, -0.15) is 0 Å². The fourth-order valence-electron chi connectivity index (χ4n) is 3.10. The van der Waals surface area contributed by atoms with Crippen LogP contribution in [0.3, 0.4) is 0 Å². The molecule has 5 nitrogen and oxygen atoms in total. The summed E-state index contributed by atoms with van der Waals surface area (Å²) in [6, 6.07) is 6.33. The first-order valence-electron chi connectivity index (χ1n) is 9.05. The van der Waals surface area contributed by atoms with Gasteiger partial charge in [0.05, 0.1) is 6.61 Å². The predicted molar refractivity (Wildman–Crippen MR) is 101 cm³/mol. The van der Waals surface area contributed by atoms with Crippen molar-refractivity contribution in [2.24, 2.45) is 10.9 Å². The molecule has 2 rings (SSSR count). The predicted octanol–water partition coefficient (Wildman–Crippen LogP) is 2.40. The highest BCUT2D eigenvalue weighted by atomic mass is 16.5. The second-order valence-corrected chi connectivity index (χ2v) is 6.40. The van der Waals surface area contributed by atoms with Gasteiger partial charge in [-0.25, -0.2) is 0 Å². The zero-order chi connectivity index (χ0) is 17.4. The third-order valence-electron chi connectivity index (χ3n) is 4.57. The number of ether oxygens (including phenoxy) is 1. The molecule has 0 saturated carbocycles. The first-order chi connectivity index (χ1) is 11.7. The van der Waals surface area contributed by atoms with Gasteiger partial charge in [0.1, 0.15) is 5.75 Å². The Morgan fingerprint density at radius 3 is 2.83 bits per heavy atom. The third-order valence-corrected chi connectivity index (χ3v) is 4.57. The summed E-state index contributed by atoms with van der Waals surface area (Å²) in [7, 11) is 1.82. The molecule has 1 heterocycles. The van der Waals surface area contributed by atoms with E-state index in [1.165, 1.54) is 25.1 Å². The van der Waals surface area contributed by atoms with Crippen LogP contribution >= 0.6 is 0 Å². The Hall–Kier alpha value is -1.75. The average Bonchev–Trinajstić information content (AvgIpc) is 3.05. The molecule has 24 heavy (non-hydrogen) atoms. The summed E-state index contributed by atoms with van der Waals surface area (Å²) < 4.78 is 5.74. The minimum Gasteiger partial charge on any atom is -0.494 e. The van der Waals surface area contributed by atoms with Crippen molar-refractivity contribution in [1.82, 2.24) is 15.5 Å². The van der Waals surface area contributed by atoms with Crippen LogP contribution in [0.4, 0.5) is 0 Å². The van der Waals surface area contributed by atoms with Gasteiger partial charge in [-0.3, -0.25) is 4.99 Å². The molecule has 1 aliphatic heterocycles. The zero-order valence-electron chi connectivity index (χ0n) is 15.6. The van der Waals surface area contributed by atoms with Gasteiger partial charge in [-0.15, -0.1) is 0 Å². The van der Waals surface area contributed by atoms with Gasteiger partial charge in [-0.1, -0.05) is 19.1 Å². The topological polar surface area (TPSA) is 48.9 Å². The van der Waals surface area contributed by atoms with E-state index in [9.17, 15) is 0 Å². The fourth-order valence-corrected chi connectivity index (χ4v) is 3.10. The van der Waals surface area contributed by atoms with E-state index in [2.05, 4.69) is 52.6 Å². The van der Waals surface area contributed by atoms with Crippen molar-refractivity contribution in [2.75, 3.05) is 39.8 Å². The second-order valence-electron chi connectivity index (χ2n) is 6.40. The normalized spacial score (nSPS) is 18.7. The van der Waals surface area contributed by atoms with Gasteiger partial charge in [-0.05, 0) is 50.9 Å². The highest BCUT2D eigenvalue weighted by molar-refractivity contribution is 5.79. The van der Waals surface area contributed by atoms with Crippen LogP contribution in [0, 0.1) is 12.8 Å².